The minimum atomic E-state index is 0.580. The van der Waals surface area contributed by atoms with E-state index in [1.165, 1.54) is 24.0 Å². The number of allylic oxidation sites excluding steroid dienone is 1. The van der Waals surface area contributed by atoms with Gasteiger partial charge >= 0.3 is 0 Å². The van der Waals surface area contributed by atoms with Crippen molar-refractivity contribution in [3.63, 3.8) is 0 Å². The predicted molar refractivity (Wildman–Crippen MR) is 93.8 cm³/mol. The van der Waals surface area contributed by atoms with E-state index < -0.39 is 0 Å². The van der Waals surface area contributed by atoms with Gasteiger partial charge in [-0.05, 0) is 56.4 Å². The summed E-state index contributed by atoms with van der Waals surface area (Å²) in [5.74, 6) is 0.580. The highest BCUT2D eigenvalue weighted by atomic mass is 15.1. The maximum Gasteiger partial charge on any atom is 0.0230 e. The lowest BCUT2D eigenvalue weighted by molar-refractivity contribution is 0.323. The van der Waals surface area contributed by atoms with Crippen LogP contribution in [0, 0.1) is 0 Å². The molecule has 2 nitrogen and oxygen atoms in total. The van der Waals surface area contributed by atoms with Crippen LogP contribution in [-0.4, -0.2) is 31.6 Å². The summed E-state index contributed by atoms with van der Waals surface area (Å²) in [6.07, 6.45) is 5.49. The Bertz CT molecular complexity index is 383. The van der Waals surface area contributed by atoms with Gasteiger partial charge in [0.2, 0.25) is 0 Å². The van der Waals surface area contributed by atoms with Crippen LogP contribution in [0.2, 0.25) is 0 Å². The Morgan fingerprint density at radius 1 is 1.29 bits per heavy atom. The average Bonchev–Trinajstić information content (AvgIpc) is 2.48. The van der Waals surface area contributed by atoms with Crippen molar-refractivity contribution in [3.05, 3.63) is 48.0 Å². The van der Waals surface area contributed by atoms with Gasteiger partial charge in [0, 0.05) is 13.1 Å². The highest BCUT2D eigenvalue weighted by Crippen LogP contribution is 2.16. The normalized spacial score (nSPS) is 12.6. The number of hydrogen-bond acceptors (Lipinski definition) is 2. The number of nitrogens with zero attached hydrogens (tertiary/aromatic N) is 1. The van der Waals surface area contributed by atoms with Crippen LogP contribution >= 0.6 is 0 Å². The lowest BCUT2D eigenvalue weighted by Crippen LogP contribution is -2.21. The van der Waals surface area contributed by atoms with E-state index in [9.17, 15) is 0 Å². The number of rotatable bonds is 11. The Kier molecular flexibility index (Phi) is 9.04. The number of unbranched alkanes of at least 4 members (excludes halogenated alkanes) is 1. The fourth-order valence-electron chi connectivity index (χ4n) is 2.46. The average molecular weight is 288 g/mol. The van der Waals surface area contributed by atoms with Crippen LogP contribution < -0.4 is 5.32 Å². The van der Waals surface area contributed by atoms with Gasteiger partial charge in [0.15, 0.2) is 0 Å². The standard InChI is InChI=1S/C19H32N2/c1-5-7-8-14-21(4)16-18-9-11-19(12-10-18)17(3)15-20-13-6-2/h5,9-12,17,20H,1,6-8,13-16H2,2-4H3. The topological polar surface area (TPSA) is 15.3 Å². The molecule has 0 aliphatic carbocycles. The molecule has 0 spiro atoms. The molecule has 0 heterocycles. The predicted octanol–water partition coefficient (Wildman–Crippen LogP) is 4.19. The van der Waals surface area contributed by atoms with Crippen LogP contribution in [0.4, 0.5) is 0 Å². The van der Waals surface area contributed by atoms with Gasteiger partial charge in [-0.3, -0.25) is 0 Å². The number of hydrogen-bond donors (Lipinski definition) is 1. The summed E-state index contributed by atoms with van der Waals surface area (Å²) in [7, 11) is 2.19. The van der Waals surface area contributed by atoms with Crippen molar-refractivity contribution in [1.82, 2.24) is 10.2 Å². The van der Waals surface area contributed by atoms with Crippen molar-refractivity contribution in [3.8, 4) is 0 Å². The van der Waals surface area contributed by atoms with E-state index in [1.54, 1.807) is 0 Å². The molecule has 1 aromatic carbocycles. The molecule has 0 aliphatic heterocycles. The quantitative estimate of drug-likeness (QED) is 0.485. The monoisotopic (exact) mass is 288 g/mol. The van der Waals surface area contributed by atoms with Crippen molar-refractivity contribution >= 4 is 0 Å². The zero-order chi connectivity index (χ0) is 15.5. The molecule has 0 fully saturated rings. The van der Waals surface area contributed by atoms with Crippen molar-refractivity contribution in [2.24, 2.45) is 0 Å². The van der Waals surface area contributed by atoms with Gasteiger partial charge in [0.1, 0.15) is 0 Å². The minimum Gasteiger partial charge on any atom is -0.316 e. The van der Waals surface area contributed by atoms with Gasteiger partial charge in [-0.2, -0.15) is 0 Å². The second-order valence-corrected chi connectivity index (χ2v) is 6.02. The molecule has 0 aliphatic rings. The first-order valence-electron chi connectivity index (χ1n) is 8.26. The van der Waals surface area contributed by atoms with E-state index in [-0.39, 0.29) is 0 Å². The molecule has 0 saturated carbocycles. The van der Waals surface area contributed by atoms with Crippen LogP contribution in [0.1, 0.15) is 50.2 Å². The molecule has 118 valence electrons. The molecule has 0 saturated heterocycles. The molecule has 0 aromatic heterocycles. The zero-order valence-corrected chi connectivity index (χ0v) is 14.1. The van der Waals surface area contributed by atoms with Gasteiger partial charge in [-0.15, -0.1) is 6.58 Å². The summed E-state index contributed by atoms with van der Waals surface area (Å²) in [6, 6.07) is 9.11. The Balaban J connectivity index is 2.40. The highest BCUT2D eigenvalue weighted by Gasteiger charge is 2.05. The molecule has 0 bridgehead atoms. The first kappa shape index (κ1) is 17.9. The van der Waals surface area contributed by atoms with Gasteiger partial charge in [-0.25, -0.2) is 0 Å². The number of nitrogens with one attached hydrogen (secondary N) is 1. The summed E-state index contributed by atoms with van der Waals surface area (Å²) in [6.45, 7) is 12.6. The zero-order valence-electron chi connectivity index (χ0n) is 14.1. The Hall–Kier alpha value is -1.12. The third kappa shape index (κ3) is 7.45. The maximum absolute atomic E-state index is 3.77. The largest absolute Gasteiger partial charge is 0.316 e. The summed E-state index contributed by atoms with van der Waals surface area (Å²) >= 11 is 0. The Labute approximate surface area is 131 Å². The molecule has 0 radical (unpaired) electrons. The molecule has 0 amide bonds. The molecule has 1 atom stereocenters. The first-order valence-corrected chi connectivity index (χ1v) is 8.26. The number of benzene rings is 1. The first-order chi connectivity index (χ1) is 10.2. The molecular formula is C19H32N2. The molecule has 1 aromatic rings. The van der Waals surface area contributed by atoms with Crippen LogP contribution in [0.25, 0.3) is 0 Å². The molecule has 1 N–H and O–H groups in total. The van der Waals surface area contributed by atoms with Gasteiger partial charge < -0.3 is 10.2 Å². The lowest BCUT2D eigenvalue weighted by atomic mass is 9.99. The SMILES string of the molecule is C=CCCCN(C)Cc1ccc(C(C)CNCCC)cc1. The van der Waals surface area contributed by atoms with E-state index in [2.05, 4.69) is 62.0 Å². The maximum atomic E-state index is 3.77. The fraction of sp³-hybridized carbons (Fsp3) is 0.579. The van der Waals surface area contributed by atoms with Gasteiger partial charge in [0.05, 0.1) is 0 Å². The smallest absolute Gasteiger partial charge is 0.0230 e. The third-order valence-corrected chi connectivity index (χ3v) is 3.83. The summed E-state index contributed by atoms with van der Waals surface area (Å²) in [5.41, 5.74) is 2.82. The Morgan fingerprint density at radius 2 is 2.00 bits per heavy atom. The second kappa shape index (κ2) is 10.6. The van der Waals surface area contributed by atoms with Crippen LogP contribution in [0.5, 0.6) is 0 Å². The third-order valence-electron chi connectivity index (χ3n) is 3.83. The lowest BCUT2D eigenvalue weighted by Gasteiger charge is -2.17. The summed E-state index contributed by atoms with van der Waals surface area (Å²) in [4.78, 5) is 2.38. The molecule has 2 heteroatoms. The minimum absolute atomic E-state index is 0.580. The van der Waals surface area contributed by atoms with Crippen LogP contribution in [0.15, 0.2) is 36.9 Å². The van der Waals surface area contributed by atoms with E-state index in [4.69, 9.17) is 0 Å². The molecular weight excluding hydrogens is 256 g/mol. The van der Waals surface area contributed by atoms with Crippen LogP contribution in [0.3, 0.4) is 0 Å². The van der Waals surface area contributed by atoms with Crippen molar-refractivity contribution in [2.75, 3.05) is 26.7 Å². The Morgan fingerprint density at radius 3 is 2.62 bits per heavy atom. The van der Waals surface area contributed by atoms with Gasteiger partial charge in [-0.1, -0.05) is 44.2 Å². The summed E-state index contributed by atoms with van der Waals surface area (Å²) in [5, 5.41) is 3.49. The van der Waals surface area contributed by atoms with Gasteiger partial charge in [0.25, 0.3) is 0 Å². The van der Waals surface area contributed by atoms with E-state index in [1.807, 2.05) is 6.08 Å². The highest BCUT2D eigenvalue weighted by molar-refractivity contribution is 5.25. The van der Waals surface area contributed by atoms with Crippen LogP contribution in [-0.2, 0) is 6.54 Å². The molecule has 1 rings (SSSR count). The van der Waals surface area contributed by atoms with E-state index in [0.717, 1.165) is 32.6 Å². The second-order valence-electron chi connectivity index (χ2n) is 6.02. The summed E-state index contributed by atoms with van der Waals surface area (Å²) < 4.78 is 0. The van der Waals surface area contributed by atoms with Crippen molar-refractivity contribution in [2.45, 2.75) is 45.6 Å². The van der Waals surface area contributed by atoms with E-state index >= 15 is 0 Å². The van der Waals surface area contributed by atoms with Crippen molar-refractivity contribution in [1.29, 1.82) is 0 Å². The van der Waals surface area contributed by atoms with Crippen molar-refractivity contribution < 1.29 is 0 Å². The molecule has 21 heavy (non-hydrogen) atoms. The fourth-order valence-corrected chi connectivity index (χ4v) is 2.46. The van der Waals surface area contributed by atoms with E-state index in [0.29, 0.717) is 5.92 Å². The molecule has 1 unspecified atom stereocenters.